The molecular weight excluding hydrogens is 324 g/mol. The van der Waals surface area contributed by atoms with Crippen LogP contribution in [0.4, 0.5) is 0 Å². The summed E-state index contributed by atoms with van der Waals surface area (Å²) in [6, 6.07) is 11.9. The fraction of sp³-hybridized carbons (Fsp3) is 0.0769. The van der Waals surface area contributed by atoms with Crippen molar-refractivity contribution in [1.82, 2.24) is 14.6 Å². The summed E-state index contributed by atoms with van der Waals surface area (Å²) in [7, 11) is 0. The minimum Gasteiger partial charge on any atom is -0.326 e. The molecule has 0 amide bonds. The number of halogens is 1. The van der Waals surface area contributed by atoms with Gasteiger partial charge in [0, 0.05) is 22.1 Å². The summed E-state index contributed by atoms with van der Waals surface area (Å²) in [6.45, 7) is 0.487. The van der Waals surface area contributed by atoms with E-state index in [2.05, 4.69) is 26.1 Å². The maximum absolute atomic E-state index is 5.81. The second kappa shape index (κ2) is 5.32. The van der Waals surface area contributed by atoms with Crippen LogP contribution in [0.5, 0.6) is 0 Å². The SMILES string of the molecule is NCc1c(Br)cccc1Sc1nnc2ccccn12. The van der Waals surface area contributed by atoms with Crippen LogP contribution < -0.4 is 5.73 Å². The van der Waals surface area contributed by atoms with Gasteiger partial charge in [-0.15, -0.1) is 10.2 Å². The van der Waals surface area contributed by atoms with Gasteiger partial charge in [0.25, 0.3) is 0 Å². The highest BCUT2D eigenvalue weighted by atomic mass is 79.9. The highest BCUT2D eigenvalue weighted by molar-refractivity contribution is 9.10. The lowest BCUT2D eigenvalue weighted by Gasteiger charge is -2.08. The van der Waals surface area contributed by atoms with Gasteiger partial charge in [-0.05, 0) is 41.6 Å². The number of aromatic nitrogens is 3. The molecule has 3 rings (SSSR count). The Morgan fingerprint density at radius 2 is 2.05 bits per heavy atom. The van der Waals surface area contributed by atoms with Gasteiger partial charge in [-0.3, -0.25) is 4.40 Å². The Balaban J connectivity index is 2.04. The fourth-order valence-corrected chi connectivity index (χ4v) is 3.47. The Bertz CT molecular complexity index is 725. The number of pyridine rings is 1. The van der Waals surface area contributed by atoms with E-state index in [4.69, 9.17) is 5.73 Å². The summed E-state index contributed by atoms with van der Waals surface area (Å²) in [5.74, 6) is 0. The summed E-state index contributed by atoms with van der Waals surface area (Å²) in [5, 5.41) is 9.19. The largest absolute Gasteiger partial charge is 0.326 e. The van der Waals surface area contributed by atoms with Gasteiger partial charge < -0.3 is 5.73 Å². The summed E-state index contributed by atoms with van der Waals surface area (Å²) >= 11 is 5.09. The van der Waals surface area contributed by atoms with Crippen molar-refractivity contribution >= 4 is 33.3 Å². The van der Waals surface area contributed by atoms with Gasteiger partial charge in [0.1, 0.15) is 0 Å². The van der Waals surface area contributed by atoms with E-state index in [1.165, 1.54) is 0 Å². The smallest absolute Gasteiger partial charge is 0.200 e. The molecule has 3 aromatic rings. The zero-order chi connectivity index (χ0) is 13.2. The molecule has 1 aromatic carbocycles. The normalized spacial score (nSPS) is 11.1. The van der Waals surface area contributed by atoms with Crippen LogP contribution in [0, 0.1) is 0 Å². The van der Waals surface area contributed by atoms with E-state index in [1.807, 2.05) is 47.0 Å². The Hall–Kier alpha value is -1.37. The molecule has 19 heavy (non-hydrogen) atoms. The standard InChI is InChI=1S/C13H11BrN4S/c14-10-4-3-5-11(9(10)8-15)19-13-17-16-12-6-1-2-7-18(12)13/h1-7H,8,15H2. The maximum Gasteiger partial charge on any atom is 0.200 e. The Morgan fingerprint density at radius 3 is 2.89 bits per heavy atom. The quantitative estimate of drug-likeness (QED) is 0.799. The second-order valence-electron chi connectivity index (χ2n) is 3.93. The molecule has 0 saturated heterocycles. The van der Waals surface area contributed by atoms with Crippen LogP contribution in [0.15, 0.2) is 57.1 Å². The van der Waals surface area contributed by atoms with Gasteiger partial charge in [-0.2, -0.15) is 0 Å². The number of rotatable bonds is 3. The minimum atomic E-state index is 0.487. The molecule has 96 valence electrons. The zero-order valence-corrected chi connectivity index (χ0v) is 12.4. The van der Waals surface area contributed by atoms with E-state index < -0.39 is 0 Å². The van der Waals surface area contributed by atoms with Crippen molar-refractivity contribution < 1.29 is 0 Å². The predicted molar refractivity (Wildman–Crippen MR) is 79.1 cm³/mol. The van der Waals surface area contributed by atoms with E-state index in [0.717, 1.165) is 25.7 Å². The second-order valence-corrected chi connectivity index (χ2v) is 5.80. The topological polar surface area (TPSA) is 56.2 Å². The Labute approximate surface area is 123 Å². The van der Waals surface area contributed by atoms with Crippen molar-refractivity contribution in [2.75, 3.05) is 0 Å². The Morgan fingerprint density at radius 1 is 1.16 bits per heavy atom. The molecule has 0 aliphatic heterocycles. The van der Waals surface area contributed by atoms with Gasteiger partial charge in [-0.1, -0.05) is 28.1 Å². The first kappa shape index (κ1) is 12.7. The van der Waals surface area contributed by atoms with Gasteiger partial charge in [0.15, 0.2) is 10.8 Å². The molecule has 2 heterocycles. The van der Waals surface area contributed by atoms with Crippen LogP contribution in [0.2, 0.25) is 0 Å². The monoisotopic (exact) mass is 334 g/mol. The van der Waals surface area contributed by atoms with Crippen molar-refractivity contribution in [1.29, 1.82) is 0 Å². The van der Waals surface area contributed by atoms with Crippen molar-refractivity contribution in [2.24, 2.45) is 5.73 Å². The lowest BCUT2D eigenvalue weighted by atomic mass is 10.2. The van der Waals surface area contributed by atoms with Crippen molar-refractivity contribution in [3.63, 3.8) is 0 Å². The van der Waals surface area contributed by atoms with Crippen LogP contribution in [0.1, 0.15) is 5.56 Å². The molecule has 0 aliphatic carbocycles. The summed E-state index contributed by atoms with van der Waals surface area (Å²) in [4.78, 5) is 1.09. The van der Waals surface area contributed by atoms with E-state index >= 15 is 0 Å². The number of hydrogen-bond acceptors (Lipinski definition) is 4. The maximum atomic E-state index is 5.81. The molecule has 0 bridgehead atoms. The van der Waals surface area contributed by atoms with Crippen molar-refractivity contribution in [3.05, 3.63) is 52.6 Å². The molecule has 0 saturated carbocycles. The van der Waals surface area contributed by atoms with Gasteiger partial charge in [0.05, 0.1) is 0 Å². The number of nitrogens with two attached hydrogens (primary N) is 1. The first-order valence-electron chi connectivity index (χ1n) is 5.74. The van der Waals surface area contributed by atoms with E-state index in [-0.39, 0.29) is 0 Å². The van der Waals surface area contributed by atoms with Crippen LogP contribution in [-0.4, -0.2) is 14.6 Å². The first-order chi connectivity index (χ1) is 9.29. The lowest BCUT2D eigenvalue weighted by Crippen LogP contribution is -1.99. The third-order valence-corrected chi connectivity index (χ3v) is 4.57. The molecule has 2 aromatic heterocycles. The average molecular weight is 335 g/mol. The molecule has 6 heteroatoms. The zero-order valence-electron chi connectivity index (χ0n) is 9.95. The van der Waals surface area contributed by atoms with Gasteiger partial charge in [0.2, 0.25) is 0 Å². The van der Waals surface area contributed by atoms with Crippen LogP contribution >= 0.6 is 27.7 Å². The number of benzene rings is 1. The molecule has 0 aliphatic rings. The van der Waals surface area contributed by atoms with Crippen LogP contribution in [0.25, 0.3) is 5.65 Å². The molecule has 4 nitrogen and oxygen atoms in total. The lowest BCUT2D eigenvalue weighted by molar-refractivity contribution is 0.917. The van der Waals surface area contributed by atoms with E-state index in [9.17, 15) is 0 Å². The van der Waals surface area contributed by atoms with E-state index in [1.54, 1.807) is 11.8 Å². The molecule has 0 fully saturated rings. The molecule has 0 unspecified atom stereocenters. The molecule has 0 atom stereocenters. The number of nitrogens with zero attached hydrogens (tertiary/aromatic N) is 3. The Kier molecular flexibility index (Phi) is 3.54. The molecular formula is C13H11BrN4S. The highest BCUT2D eigenvalue weighted by Crippen LogP contribution is 2.32. The minimum absolute atomic E-state index is 0.487. The van der Waals surface area contributed by atoms with Crippen LogP contribution in [0.3, 0.4) is 0 Å². The van der Waals surface area contributed by atoms with Crippen molar-refractivity contribution in [2.45, 2.75) is 16.6 Å². The third kappa shape index (κ3) is 2.39. The molecule has 2 N–H and O–H groups in total. The van der Waals surface area contributed by atoms with Crippen LogP contribution in [-0.2, 0) is 6.54 Å². The van der Waals surface area contributed by atoms with Gasteiger partial charge >= 0.3 is 0 Å². The fourth-order valence-electron chi connectivity index (χ4n) is 1.82. The molecule has 0 radical (unpaired) electrons. The summed E-state index contributed by atoms with van der Waals surface area (Å²) < 4.78 is 2.99. The number of hydrogen-bond donors (Lipinski definition) is 1. The van der Waals surface area contributed by atoms with Gasteiger partial charge in [-0.25, -0.2) is 0 Å². The number of fused-ring (bicyclic) bond motifs is 1. The third-order valence-electron chi connectivity index (χ3n) is 2.76. The van der Waals surface area contributed by atoms with E-state index in [0.29, 0.717) is 6.54 Å². The molecule has 0 spiro atoms. The summed E-state index contributed by atoms with van der Waals surface area (Å²) in [6.07, 6.45) is 1.96. The van der Waals surface area contributed by atoms with Crippen molar-refractivity contribution in [3.8, 4) is 0 Å². The first-order valence-corrected chi connectivity index (χ1v) is 7.35. The predicted octanol–water partition coefficient (Wildman–Crippen LogP) is 3.10. The average Bonchev–Trinajstić information content (AvgIpc) is 2.83. The summed E-state index contributed by atoms with van der Waals surface area (Å²) in [5.41, 5.74) is 7.73. The highest BCUT2D eigenvalue weighted by Gasteiger charge is 2.11.